The average molecular weight is 284 g/mol. The number of carbonyl (C=O) groups is 2. The van der Waals surface area contributed by atoms with Gasteiger partial charge in [0.2, 0.25) is 5.01 Å². The molecular weight excluding hydrogens is 268 g/mol. The zero-order valence-electron chi connectivity index (χ0n) is 10.7. The van der Waals surface area contributed by atoms with Gasteiger partial charge in [0.15, 0.2) is 0 Å². The quantitative estimate of drug-likeness (QED) is 0.595. The summed E-state index contributed by atoms with van der Waals surface area (Å²) in [7, 11) is 0. The fraction of sp³-hybridized carbons (Fsp3) is 0.417. The highest BCUT2D eigenvalue weighted by molar-refractivity contribution is 7.11. The van der Waals surface area contributed by atoms with Crippen LogP contribution in [0, 0.1) is 0 Å². The fourth-order valence-electron chi connectivity index (χ4n) is 1.37. The summed E-state index contributed by atoms with van der Waals surface area (Å²) in [6.07, 6.45) is 1.56. The molecule has 0 radical (unpaired) electrons. The highest BCUT2D eigenvalue weighted by Gasteiger charge is 2.20. The molecule has 0 unspecified atom stereocenters. The van der Waals surface area contributed by atoms with Gasteiger partial charge in [-0.2, -0.15) is 0 Å². The lowest BCUT2D eigenvalue weighted by Gasteiger charge is -2.18. The predicted octanol–water partition coefficient (Wildman–Crippen LogP) is 0.940. The maximum atomic E-state index is 12.1. The normalized spacial score (nSPS) is 10.0. The van der Waals surface area contributed by atoms with Gasteiger partial charge in [0.05, 0.1) is 13.2 Å². The molecule has 0 aliphatic carbocycles. The van der Waals surface area contributed by atoms with Crippen LogP contribution in [0.5, 0.6) is 0 Å². The lowest BCUT2D eigenvalue weighted by atomic mass is 10.3. The van der Waals surface area contributed by atoms with Gasteiger partial charge in [-0.1, -0.05) is 6.08 Å². The predicted molar refractivity (Wildman–Crippen MR) is 71.3 cm³/mol. The van der Waals surface area contributed by atoms with Gasteiger partial charge in [-0.05, 0) is 6.92 Å². The van der Waals surface area contributed by atoms with E-state index in [0.29, 0.717) is 6.54 Å². The van der Waals surface area contributed by atoms with Crippen molar-refractivity contribution in [2.24, 2.45) is 0 Å². The molecule has 0 aromatic carbocycles. The smallest absolute Gasteiger partial charge is 0.367 e. The molecule has 1 heterocycles. The van der Waals surface area contributed by atoms with Crippen LogP contribution in [0.3, 0.4) is 0 Å². The SMILES string of the molecule is C=CCN(CCO)C(=O)c1csc(C(=O)OCC)n1. The van der Waals surface area contributed by atoms with Crippen LogP contribution in [0.15, 0.2) is 18.0 Å². The number of hydrogen-bond acceptors (Lipinski definition) is 6. The minimum atomic E-state index is -0.538. The second-order valence-corrected chi connectivity index (χ2v) is 4.38. The Labute approximate surface area is 115 Å². The molecule has 1 amide bonds. The van der Waals surface area contributed by atoms with E-state index < -0.39 is 5.97 Å². The van der Waals surface area contributed by atoms with E-state index in [1.807, 2.05) is 0 Å². The molecule has 1 aromatic heterocycles. The topological polar surface area (TPSA) is 79.7 Å². The molecule has 104 valence electrons. The number of esters is 1. The van der Waals surface area contributed by atoms with E-state index in [9.17, 15) is 9.59 Å². The Morgan fingerprint density at radius 2 is 2.37 bits per heavy atom. The number of ether oxygens (including phenoxy) is 1. The van der Waals surface area contributed by atoms with Crippen LogP contribution < -0.4 is 0 Å². The molecule has 0 saturated heterocycles. The fourth-order valence-corrected chi connectivity index (χ4v) is 2.06. The molecule has 7 heteroatoms. The lowest BCUT2D eigenvalue weighted by molar-refractivity contribution is 0.0525. The molecule has 0 fully saturated rings. The molecule has 0 bridgehead atoms. The first-order valence-electron chi connectivity index (χ1n) is 5.77. The number of hydrogen-bond donors (Lipinski definition) is 1. The lowest BCUT2D eigenvalue weighted by Crippen LogP contribution is -2.34. The molecular formula is C12H16N2O4S. The maximum absolute atomic E-state index is 12.1. The average Bonchev–Trinajstić information content (AvgIpc) is 2.87. The van der Waals surface area contributed by atoms with Crippen LogP contribution in [-0.4, -0.2) is 53.2 Å². The largest absolute Gasteiger partial charge is 0.461 e. The van der Waals surface area contributed by atoms with Crippen molar-refractivity contribution in [3.8, 4) is 0 Å². The highest BCUT2D eigenvalue weighted by atomic mass is 32.1. The standard InChI is InChI=1S/C12H16N2O4S/c1-3-5-14(6-7-15)11(16)9-8-19-10(13-9)12(17)18-4-2/h3,8,15H,1,4-7H2,2H3. The first-order valence-corrected chi connectivity index (χ1v) is 6.65. The van der Waals surface area contributed by atoms with Gasteiger partial charge < -0.3 is 14.7 Å². The Morgan fingerprint density at radius 3 is 2.95 bits per heavy atom. The molecule has 6 nitrogen and oxygen atoms in total. The summed E-state index contributed by atoms with van der Waals surface area (Å²) >= 11 is 1.06. The van der Waals surface area contributed by atoms with E-state index in [1.165, 1.54) is 10.3 Å². The van der Waals surface area contributed by atoms with Crippen molar-refractivity contribution < 1.29 is 19.4 Å². The van der Waals surface area contributed by atoms with Crippen molar-refractivity contribution in [2.45, 2.75) is 6.92 Å². The van der Waals surface area contributed by atoms with Gasteiger partial charge in [0.1, 0.15) is 5.69 Å². The van der Waals surface area contributed by atoms with Gasteiger partial charge >= 0.3 is 5.97 Å². The molecule has 0 aliphatic rings. The van der Waals surface area contributed by atoms with Crippen LogP contribution >= 0.6 is 11.3 Å². The van der Waals surface area contributed by atoms with Crippen molar-refractivity contribution in [3.63, 3.8) is 0 Å². The van der Waals surface area contributed by atoms with Gasteiger partial charge in [-0.3, -0.25) is 4.79 Å². The molecule has 0 spiro atoms. The number of aliphatic hydroxyl groups is 1. The molecule has 0 aliphatic heterocycles. The molecule has 1 rings (SSSR count). The third kappa shape index (κ3) is 4.15. The van der Waals surface area contributed by atoms with Crippen molar-refractivity contribution in [3.05, 3.63) is 28.7 Å². The number of nitrogens with zero attached hydrogens (tertiary/aromatic N) is 2. The number of carbonyl (C=O) groups excluding carboxylic acids is 2. The monoisotopic (exact) mass is 284 g/mol. The second-order valence-electron chi connectivity index (χ2n) is 3.52. The first kappa shape index (κ1) is 15.3. The summed E-state index contributed by atoms with van der Waals surface area (Å²) in [5.74, 6) is -0.885. The van der Waals surface area contributed by atoms with Crippen LogP contribution in [0.2, 0.25) is 0 Å². The van der Waals surface area contributed by atoms with Crippen LogP contribution in [0.4, 0.5) is 0 Å². The molecule has 1 N–H and O–H groups in total. The molecule has 0 saturated carbocycles. The van der Waals surface area contributed by atoms with E-state index in [-0.39, 0.29) is 36.4 Å². The first-order chi connectivity index (χ1) is 9.13. The van der Waals surface area contributed by atoms with E-state index in [2.05, 4.69) is 11.6 Å². The van der Waals surface area contributed by atoms with E-state index >= 15 is 0 Å². The van der Waals surface area contributed by atoms with Crippen LogP contribution in [-0.2, 0) is 4.74 Å². The minimum Gasteiger partial charge on any atom is -0.461 e. The van der Waals surface area contributed by atoms with Crippen molar-refractivity contribution in [2.75, 3.05) is 26.3 Å². The van der Waals surface area contributed by atoms with Crippen molar-refractivity contribution in [1.29, 1.82) is 0 Å². The Morgan fingerprint density at radius 1 is 1.63 bits per heavy atom. The van der Waals surface area contributed by atoms with Gasteiger partial charge in [-0.25, -0.2) is 9.78 Å². The summed E-state index contributed by atoms with van der Waals surface area (Å²) in [6, 6.07) is 0. The summed E-state index contributed by atoms with van der Waals surface area (Å²) < 4.78 is 4.80. The summed E-state index contributed by atoms with van der Waals surface area (Å²) in [4.78, 5) is 28.9. The van der Waals surface area contributed by atoms with Crippen LogP contribution in [0.25, 0.3) is 0 Å². The van der Waals surface area contributed by atoms with E-state index in [1.54, 1.807) is 13.0 Å². The summed E-state index contributed by atoms with van der Waals surface area (Å²) in [5, 5.41) is 10.6. The maximum Gasteiger partial charge on any atom is 0.367 e. The third-order valence-electron chi connectivity index (χ3n) is 2.18. The zero-order chi connectivity index (χ0) is 14.3. The number of rotatable bonds is 7. The molecule has 1 aromatic rings. The number of aliphatic hydroxyl groups excluding tert-OH is 1. The van der Waals surface area contributed by atoms with Crippen molar-refractivity contribution in [1.82, 2.24) is 9.88 Å². The molecule has 19 heavy (non-hydrogen) atoms. The second kappa shape index (κ2) is 7.65. The van der Waals surface area contributed by atoms with E-state index in [4.69, 9.17) is 9.84 Å². The Balaban J connectivity index is 2.81. The summed E-state index contributed by atoms with van der Waals surface area (Å²) in [5.41, 5.74) is 0.170. The Kier molecular flexibility index (Phi) is 6.17. The van der Waals surface area contributed by atoms with Gasteiger partial charge in [-0.15, -0.1) is 17.9 Å². The van der Waals surface area contributed by atoms with Gasteiger partial charge in [0, 0.05) is 18.5 Å². The van der Waals surface area contributed by atoms with Crippen molar-refractivity contribution >= 4 is 23.2 Å². The molecule has 0 atom stereocenters. The number of aromatic nitrogens is 1. The number of thiazole rings is 1. The minimum absolute atomic E-state index is 0.144. The third-order valence-corrected chi connectivity index (χ3v) is 3.00. The zero-order valence-corrected chi connectivity index (χ0v) is 11.5. The van der Waals surface area contributed by atoms with E-state index in [0.717, 1.165) is 11.3 Å². The Hall–Kier alpha value is -1.73. The van der Waals surface area contributed by atoms with Gasteiger partial charge in [0.25, 0.3) is 5.91 Å². The van der Waals surface area contributed by atoms with Crippen LogP contribution in [0.1, 0.15) is 27.2 Å². The number of amides is 1. The highest BCUT2D eigenvalue weighted by Crippen LogP contribution is 2.13. The summed E-state index contributed by atoms with van der Waals surface area (Å²) in [6.45, 7) is 5.87. The Bertz CT molecular complexity index is 458.